The fourth-order valence-corrected chi connectivity index (χ4v) is 1.51. The molecule has 0 aliphatic rings. The number of rotatable bonds is 4. The van der Waals surface area contributed by atoms with Gasteiger partial charge in [0.15, 0.2) is 6.21 Å². The van der Waals surface area contributed by atoms with Gasteiger partial charge in [0.1, 0.15) is 0 Å². The van der Waals surface area contributed by atoms with Crippen LogP contribution in [0.3, 0.4) is 0 Å². The molecule has 0 amide bonds. The van der Waals surface area contributed by atoms with Crippen molar-refractivity contribution in [3.8, 4) is 0 Å². The summed E-state index contributed by atoms with van der Waals surface area (Å²) in [4.78, 5) is 1.22. The van der Waals surface area contributed by atoms with E-state index in [4.69, 9.17) is 11.5 Å². The maximum atomic E-state index is 5.12. The van der Waals surface area contributed by atoms with E-state index in [0.29, 0.717) is 0 Å². The molecular formula is C9H13N4S+. The average molecular weight is 209 g/mol. The van der Waals surface area contributed by atoms with Gasteiger partial charge < -0.3 is 11.5 Å². The predicted octanol–water partition coefficient (Wildman–Crippen LogP) is -0.881. The summed E-state index contributed by atoms with van der Waals surface area (Å²) in [6.07, 6.45) is 1.79. The molecule has 0 heterocycles. The SMILES string of the molecule is NC(N)=N/[NH+]=C/CSc1ccccc1. The van der Waals surface area contributed by atoms with Crippen molar-refractivity contribution in [2.45, 2.75) is 4.90 Å². The van der Waals surface area contributed by atoms with Crippen LogP contribution in [0.15, 0.2) is 40.3 Å². The number of benzene rings is 1. The number of nitrogens with one attached hydrogen (secondary N) is 1. The lowest BCUT2D eigenvalue weighted by Gasteiger charge is -1.93. The van der Waals surface area contributed by atoms with Gasteiger partial charge in [-0.3, -0.25) is 0 Å². The molecule has 0 bridgehead atoms. The van der Waals surface area contributed by atoms with Gasteiger partial charge >= 0.3 is 0 Å². The quantitative estimate of drug-likeness (QED) is 0.261. The number of hydrogen-bond donors (Lipinski definition) is 3. The smallest absolute Gasteiger partial charge is 0.256 e. The average Bonchev–Trinajstić information content (AvgIpc) is 2.18. The second-order valence-electron chi connectivity index (χ2n) is 2.49. The van der Waals surface area contributed by atoms with E-state index in [1.165, 1.54) is 4.90 Å². The Morgan fingerprint density at radius 2 is 2.07 bits per heavy atom. The standard InChI is InChI=1S/C9H12N4S/c10-9(11)13-12-6-7-14-8-4-2-1-3-5-8/h1-6H,7H2,(H4,10,11,13)/p+1/b12-6+. The lowest BCUT2D eigenvalue weighted by Crippen LogP contribution is -2.64. The molecule has 1 aromatic carbocycles. The summed E-state index contributed by atoms with van der Waals surface area (Å²) in [6.45, 7) is 0. The fraction of sp³-hybridized carbons (Fsp3) is 0.111. The number of nitrogens with two attached hydrogens (primary N) is 2. The third-order valence-corrected chi connectivity index (χ3v) is 2.30. The Labute approximate surface area is 87.1 Å². The van der Waals surface area contributed by atoms with Crippen LogP contribution in [0, 0.1) is 0 Å². The zero-order valence-corrected chi connectivity index (χ0v) is 8.50. The molecule has 1 aromatic rings. The molecule has 0 aliphatic carbocycles. The van der Waals surface area contributed by atoms with Gasteiger partial charge in [-0.1, -0.05) is 18.2 Å². The summed E-state index contributed by atoms with van der Waals surface area (Å²) in [6, 6.07) is 10.1. The summed E-state index contributed by atoms with van der Waals surface area (Å²) in [5.74, 6) is 0.840. The second-order valence-corrected chi connectivity index (χ2v) is 3.59. The topological polar surface area (TPSA) is 78.4 Å². The summed E-state index contributed by atoms with van der Waals surface area (Å²) >= 11 is 1.70. The molecule has 5 heteroatoms. The van der Waals surface area contributed by atoms with Crippen LogP contribution in [0.5, 0.6) is 0 Å². The fourth-order valence-electron chi connectivity index (χ4n) is 0.812. The summed E-state index contributed by atoms with van der Waals surface area (Å²) < 4.78 is 0. The van der Waals surface area contributed by atoms with Crippen LogP contribution in [0.25, 0.3) is 0 Å². The van der Waals surface area contributed by atoms with E-state index in [-0.39, 0.29) is 5.96 Å². The van der Waals surface area contributed by atoms with Crippen molar-refractivity contribution < 1.29 is 5.10 Å². The monoisotopic (exact) mass is 209 g/mol. The van der Waals surface area contributed by atoms with Crippen LogP contribution in [0.1, 0.15) is 0 Å². The lowest BCUT2D eigenvalue weighted by molar-refractivity contribution is -0.457. The molecule has 0 saturated carbocycles. The van der Waals surface area contributed by atoms with Gasteiger partial charge in [0.25, 0.3) is 5.96 Å². The van der Waals surface area contributed by atoms with E-state index in [1.54, 1.807) is 18.0 Å². The Hall–Kier alpha value is -1.49. The first kappa shape index (κ1) is 10.6. The first-order chi connectivity index (χ1) is 6.79. The molecule has 74 valence electrons. The van der Waals surface area contributed by atoms with Crippen LogP contribution in [0.4, 0.5) is 0 Å². The van der Waals surface area contributed by atoms with Gasteiger partial charge in [-0.2, -0.15) is 0 Å². The number of nitrogens with zero attached hydrogens (tertiary/aromatic N) is 1. The van der Waals surface area contributed by atoms with E-state index in [9.17, 15) is 0 Å². The minimum Gasteiger partial charge on any atom is -0.365 e. The van der Waals surface area contributed by atoms with Crippen LogP contribution >= 0.6 is 11.8 Å². The molecule has 0 saturated heterocycles. The molecule has 14 heavy (non-hydrogen) atoms. The summed E-state index contributed by atoms with van der Waals surface area (Å²) in [5.41, 5.74) is 10.2. The van der Waals surface area contributed by atoms with Gasteiger partial charge in [0.05, 0.1) is 5.75 Å². The maximum Gasteiger partial charge on any atom is 0.256 e. The van der Waals surface area contributed by atoms with Crippen molar-refractivity contribution in [2.75, 3.05) is 5.75 Å². The van der Waals surface area contributed by atoms with Gasteiger partial charge in [-0.25, -0.2) is 0 Å². The van der Waals surface area contributed by atoms with Crippen LogP contribution in [-0.2, 0) is 0 Å². The first-order valence-corrected chi connectivity index (χ1v) is 5.11. The van der Waals surface area contributed by atoms with Crippen molar-refractivity contribution in [1.29, 1.82) is 0 Å². The summed E-state index contributed by atoms with van der Waals surface area (Å²) in [5, 5.41) is 6.26. The molecule has 0 unspecified atom stereocenters. The Morgan fingerprint density at radius 3 is 2.71 bits per heavy atom. The van der Waals surface area contributed by atoms with Crippen LogP contribution < -0.4 is 16.6 Å². The largest absolute Gasteiger partial charge is 0.365 e. The highest BCUT2D eigenvalue weighted by molar-refractivity contribution is 7.99. The van der Waals surface area contributed by atoms with Crippen molar-refractivity contribution in [2.24, 2.45) is 16.6 Å². The van der Waals surface area contributed by atoms with Gasteiger partial charge in [0.2, 0.25) is 0 Å². The molecule has 0 radical (unpaired) electrons. The molecular weight excluding hydrogens is 196 g/mol. The number of hydrogen-bond acceptors (Lipinski definition) is 2. The molecule has 0 spiro atoms. The second kappa shape index (κ2) is 6.04. The van der Waals surface area contributed by atoms with Gasteiger partial charge in [0, 0.05) is 10.00 Å². The van der Waals surface area contributed by atoms with E-state index in [2.05, 4.69) is 22.3 Å². The maximum absolute atomic E-state index is 5.12. The highest BCUT2D eigenvalue weighted by Crippen LogP contribution is 2.14. The normalized spacial score (nSPS) is 10.3. The molecule has 0 aliphatic heterocycles. The van der Waals surface area contributed by atoms with Crippen molar-refractivity contribution >= 4 is 23.9 Å². The van der Waals surface area contributed by atoms with E-state index >= 15 is 0 Å². The Bertz CT molecular complexity index is 317. The molecule has 0 aromatic heterocycles. The van der Waals surface area contributed by atoms with E-state index in [0.717, 1.165) is 5.75 Å². The van der Waals surface area contributed by atoms with Gasteiger partial charge in [-0.15, -0.1) is 16.9 Å². The minimum absolute atomic E-state index is 0.0333. The zero-order chi connectivity index (χ0) is 10.2. The molecule has 0 atom stereocenters. The van der Waals surface area contributed by atoms with Crippen LogP contribution in [0.2, 0.25) is 0 Å². The van der Waals surface area contributed by atoms with E-state index in [1.807, 2.05) is 18.2 Å². The first-order valence-electron chi connectivity index (χ1n) is 4.12. The van der Waals surface area contributed by atoms with Gasteiger partial charge in [-0.05, 0) is 12.1 Å². The lowest BCUT2D eigenvalue weighted by atomic mass is 10.4. The Morgan fingerprint density at radius 1 is 1.36 bits per heavy atom. The Kier molecular flexibility index (Phi) is 4.57. The number of hydrazone groups is 1. The third-order valence-electron chi connectivity index (χ3n) is 1.36. The number of thioether (sulfide) groups is 1. The number of guanidine groups is 1. The predicted molar refractivity (Wildman–Crippen MR) is 60.0 cm³/mol. The van der Waals surface area contributed by atoms with Crippen molar-refractivity contribution in [1.82, 2.24) is 0 Å². The Balaban J connectivity index is 2.29. The zero-order valence-electron chi connectivity index (χ0n) is 7.68. The minimum atomic E-state index is 0.0333. The highest BCUT2D eigenvalue weighted by atomic mass is 32.2. The molecule has 0 fully saturated rings. The molecule has 5 N–H and O–H groups in total. The highest BCUT2D eigenvalue weighted by Gasteiger charge is 1.90. The summed E-state index contributed by atoms with van der Waals surface area (Å²) in [7, 11) is 0. The molecule has 4 nitrogen and oxygen atoms in total. The third kappa shape index (κ3) is 4.51. The van der Waals surface area contributed by atoms with Crippen LogP contribution in [-0.4, -0.2) is 17.9 Å². The molecule has 1 rings (SSSR count). The van der Waals surface area contributed by atoms with Crippen molar-refractivity contribution in [3.63, 3.8) is 0 Å². The van der Waals surface area contributed by atoms with Crippen molar-refractivity contribution in [3.05, 3.63) is 30.3 Å². The van der Waals surface area contributed by atoms with E-state index < -0.39 is 0 Å².